The van der Waals surface area contributed by atoms with Gasteiger partial charge in [-0.25, -0.2) is 9.36 Å². The van der Waals surface area contributed by atoms with E-state index in [0.29, 0.717) is 6.54 Å². The first-order valence-electron chi connectivity index (χ1n) is 4.63. The van der Waals surface area contributed by atoms with Crippen LogP contribution in [0.25, 0.3) is 0 Å². The van der Waals surface area contributed by atoms with Crippen molar-refractivity contribution in [3.8, 4) is 0 Å². The summed E-state index contributed by atoms with van der Waals surface area (Å²) >= 11 is 0. The van der Waals surface area contributed by atoms with Crippen molar-refractivity contribution in [3.63, 3.8) is 0 Å². The van der Waals surface area contributed by atoms with Crippen LogP contribution in [0.2, 0.25) is 0 Å². The molecule has 0 fully saturated rings. The fraction of sp³-hybridized carbons (Fsp3) is 0.200. The van der Waals surface area contributed by atoms with Crippen LogP contribution in [0, 0.1) is 0 Å². The second kappa shape index (κ2) is 4.00. The van der Waals surface area contributed by atoms with E-state index in [1.165, 1.54) is 4.57 Å². The molecule has 78 valence electrons. The summed E-state index contributed by atoms with van der Waals surface area (Å²) in [6, 6.07) is 9.84. The van der Waals surface area contributed by atoms with Crippen LogP contribution in [-0.2, 0) is 13.0 Å². The average Bonchev–Trinajstić information content (AvgIpc) is 2.58. The highest BCUT2D eigenvalue weighted by Crippen LogP contribution is 2.02. The molecule has 0 spiro atoms. The van der Waals surface area contributed by atoms with Gasteiger partial charge in [0.15, 0.2) is 0 Å². The van der Waals surface area contributed by atoms with Gasteiger partial charge in [0.25, 0.3) is 0 Å². The van der Waals surface area contributed by atoms with Gasteiger partial charge >= 0.3 is 5.76 Å². The highest BCUT2D eigenvalue weighted by Gasteiger charge is 2.05. The maximum absolute atomic E-state index is 11.1. The van der Waals surface area contributed by atoms with E-state index in [9.17, 15) is 4.79 Å². The molecule has 0 amide bonds. The van der Waals surface area contributed by atoms with E-state index in [0.717, 1.165) is 12.0 Å². The van der Waals surface area contributed by atoms with Crippen LogP contribution in [0.15, 0.2) is 39.6 Å². The van der Waals surface area contributed by atoms with E-state index in [4.69, 9.17) is 5.73 Å². The van der Waals surface area contributed by atoms with Gasteiger partial charge in [0.05, 0.1) is 0 Å². The molecule has 1 aromatic heterocycles. The Bertz CT molecular complexity index is 487. The number of nitrogens with zero attached hydrogens (tertiary/aromatic N) is 2. The second-order valence-corrected chi connectivity index (χ2v) is 3.19. The van der Waals surface area contributed by atoms with Gasteiger partial charge in [-0.2, -0.15) is 0 Å². The van der Waals surface area contributed by atoms with Gasteiger partial charge in [-0.05, 0) is 17.1 Å². The Morgan fingerprint density at radius 3 is 2.67 bits per heavy atom. The molecule has 0 saturated heterocycles. The fourth-order valence-corrected chi connectivity index (χ4v) is 1.37. The van der Waals surface area contributed by atoms with E-state index in [-0.39, 0.29) is 5.95 Å². The zero-order valence-electron chi connectivity index (χ0n) is 8.09. The van der Waals surface area contributed by atoms with Crippen molar-refractivity contribution in [2.45, 2.75) is 13.0 Å². The molecule has 2 aromatic rings. The quantitative estimate of drug-likeness (QED) is 0.798. The third kappa shape index (κ3) is 2.07. The summed E-state index contributed by atoms with van der Waals surface area (Å²) in [6.45, 7) is 0.484. The lowest BCUT2D eigenvalue weighted by atomic mass is 10.1. The summed E-state index contributed by atoms with van der Waals surface area (Å²) in [7, 11) is 0. The van der Waals surface area contributed by atoms with E-state index in [2.05, 4.69) is 9.68 Å². The van der Waals surface area contributed by atoms with Crippen molar-refractivity contribution in [3.05, 3.63) is 46.4 Å². The van der Waals surface area contributed by atoms with Crippen molar-refractivity contribution in [2.75, 3.05) is 5.73 Å². The summed E-state index contributed by atoms with van der Waals surface area (Å²) in [5.74, 6) is -0.389. The number of nitrogens with two attached hydrogens (primary N) is 1. The molecular formula is C10H11N3O2. The number of aromatic nitrogens is 2. The van der Waals surface area contributed by atoms with Gasteiger partial charge in [-0.3, -0.25) is 4.52 Å². The number of rotatable bonds is 3. The number of nitrogen functional groups attached to an aromatic ring is 1. The molecule has 0 aliphatic rings. The highest BCUT2D eigenvalue weighted by atomic mass is 16.5. The predicted octanol–water partition coefficient (Wildman–Crippen LogP) is 0.661. The molecular weight excluding hydrogens is 194 g/mol. The standard InChI is InChI=1S/C10H11N3O2/c11-9-12-15-10(14)13(9)7-6-8-4-2-1-3-5-8/h1-5H,6-7H2,(H2,11,12). The van der Waals surface area contributed by atoms with Gasteiger partial charge in [-0.1, -0.05) is 30.3 Å². The molecule has 0 aliphatic carbocycles. The Morgan fingerprint density at radius 2 is 2.07 bits per heavy atom. The maximum atomic E-state index is 11.1. The Morgan fingerprint density at radius 1 is 1.33 bits per heavy atom. The molecule has 2 N–H and O–H groups in total. The van der Waals surface area contributed by atoms with E-state index in [1.54, 1.807) is 0 Å². The van der Waals surface area contributed by atoms with Crippen molar-refractivity contribution in [1.82, 2.24) is 9.72 Å². The van der Waals surface area contributed by atoms with Gasteiger partial charge in [-0.15, -0.1) is 0 Å². The molecule has 0 aliphatic heterocycles. The molecule has 5 heteroatoms. The van der Waals surface area contributed by atoms with Crippen LogP contribution in [-0.4, -0.2) is 9.72 Å². The van der Waals surface area contributed by atoms with Crippen molar-refractivity contribution in [1.29, 1.82) is 0 Å². The van der Waals surface area contributed by atoms with Crippen molar-refractivity contribution < 1.29 is 4.52 Å². The molecule has 0 saturated carbocycles. The SMILES string of the molecule is Nc1noc(=O)n1CCc1ccccc1. The summed E-state index contributed by atoms with van der Waals surface area (Å²) in [5.41, 5.74) is 6.61. The van der Waals surface area contributed by atoms with E-state index < -0.39 is 5.76 Å². The number of anilines is 1. The first-order valence-corrected chi connectivity index (χ1v) is 4.63. The van der Waals surface area contributed by atoms with Crippen LogP contribution in [0.3, 0.4) is 0 Å². The minimum atomic E-state index is -0.511. The lowest BCUT2D eigenvalue weighted by Gasteiger charge is -2.01. The predicted molar refractivity (Wildman–Crippen MR) is 55.3 cm³/mol. The third-order valence-corrected chi connectivity index (χ3v) is 2.18. The number of hydrogen-bond donors (Lipinski definition) is 1. The molecule has 15 heavy (non-hydrogen) atoms. The Kier molecular flexibility index (Phi) is 2.53. The van der Waals surface area contributed by atoms with E-state index >= 15 is 0 Å². The number of benzene rings is 1. The van der Waals surface area contributed by atoms with Crippen molar-refractivity contribution >= 4 is 5.95 Å². The van der Waals surface area contributed by atoms with Gasteiger partial charge in [0.1, 0.15) is 0 Å². The maximum Gasteiger partial charge on any atom is 0.443 e. The van der Waals surface area contributed by atoms with Crippen LogP contribution in [0.5, 0.6) is 0 Å². The molecule has 5 nitrogen and oxygen atoms in total. The number of hydrogen-bond acceptors (Lipinski definition) is 4. The molecule has 2 rings (SSSR count). The minimum Gasteiger partial charge on any atom is -0.367 e. The first kappa shape index (κ1) is 9.51. The average molecular weight is 205 g/mol. The highest BCUT2D eigenvalue weighted by molar-refractivity contribution is 5.16. The molecule has 1 heterocycles. The molecule has 0 bridgehead atoms. The molecule has 1 aromatic carbocycles. The minimum absolute atomic E-state index is 0.121. The molecule has 0 unspecified atom stereocenters. The smallest absolute Gasteiger partial charge is 0.367 e. The zero-order valence-corrected chi connectivity index (χ0v) is 8.09. The van der Waals surface area contributed by atoms with E-state index in [1.807, 2.05) is 30.3 Å². The second-order valence-electron chi connectivity index (χ2n) is 3.19. The first-order chi connectivity index (χ1) is 7.27. The lowest BCUT2D eigenvalue weighted by Crippen LogP contribution is -2.17. The fourth-order valence-electron chi connectivity index (χ4n) is 1.37. The Labute approximate surface area is 86.1 Å². The Hall–Kier alpha value is -2.04. The van der Waals surface area contributed by atoms with Crippen molar-refractivity contribution in [2.24, 2.45) is 0 Å². The van der Waals surface area contributed by atoms with Crippen LogP contribution >= 0.6 is 0 Å². The topological polar surface area (TPSA) is 74.1 Å². The molecule has 0 atom stereocenters. The normalized spacial score (nSPS) is 10.4. The lowest BCUT2D eigenvalue weighted by molar-refractivity contribution is 0.376. The van der Waals surface area contributed by atoms with Gasteiger partial charge < -0.3 is 5.73 Å². The van der Waals surface area contributed by atoms with Gasteiger partial charge in [0.2, 0.25) is 5.95 Å². The van der Waals surface area contributed by atoms with Crippen LogP contribution in [0.4, 0.5) is 5.95 Å². The summed E-state index contributed by atoms with van der Waals surface area (Å²) in [6.07, 6.45) is 0.728. The summed E-state index contributed by atoms with van der Waals surface area (Å²) < 4.78 is 5.73. The Balaban J connectivity index is 2.09. The van der Waals surface area contributed by atoms with Crippen LogP contribution < -0.4 is 11.5 Å². The largest absolute Gasteiger partial charge is 0.443 e. The third-order valence-electron chi connectivity index (χ3n) is 2.18. The van der Waals surface area contributed by atoms with Crippen LogP contribution in [0.1, 0.15) is 5.56 Å². The molecule has 0 radical (unpaired) electrons. The number of aryl methyl sites for hydroxylation is 1. The summed E-state index contributed by atoms with van der Waals surface area (Å²) in [4.78, 5) is 11.1. The summed E-state index contributed by atoms with van der Waals surface area (Å²) in [5, 5.41) is 3.38. The zero-order chi connectivity index (χ0) is 10.7. The van der Waals surface area contributed by atoms with Gasteiger partial charge in [0, 0.05) is 6.54 Å². The monoisotopic (exact) mass is 205 g/mol.